The first kappa shape index (κ1) is 21.3. The van der Waals surface area contributed by atoms with Gasteiger partial charge in [0.15, 0.2) is 5.82 Å². The number of hydrogen-bond donors (Lipinski definition) is 1. The Hall–Kier alpha value is -1.95. The molecule has 1 N–H and O–H groups in total. The fraction of sp³-hybridized carbons (Fsp3) is 0.722. The third-order valence-electron chi connectivity index (χ3n) is 6.25. The summed E-state index contributed by atoms with van der Waals surface area (Å²) in [6.07, 6.45) is 6.41. The van der Waals surface area contributed by atoms with Gasteiger partial charge in [-0.25, -0.2) is 18.1 Å². The molecule has 0 radical (unpaired) electrons. The molecule has 166 valence electrons. The molecule has 1 aliphatic carbocycles. The van der Waals surface area contributed by atoms with Gasteiger partial charge in [-0.15, -0.1) is 0 Å². The van der Waals surface area contributed by atoms with Crippen molar-refractivity contribution in [2.75, 3.05) is 19.8 Å². The van der Waals surface area contributed by atoms with E-state index in [4.69, 9.17) is 0 Å². The van der Waals surface area contributed by atoms with Gasteiger partial charge in [0.1, 0.15) is 10.7 Å². The number of nitrogens with zero attached hydrogens (tertiary/aromatic N) is 5. The van der Waals surface area contributed by atoms with Gasteiger partial charge >= 0.3 is 6.55 Å². The van der Waals surface area contributed by atoms with Crippen molar-refractivity contribution >= 4 is 10.0 Å². The highest BCUT2D eigenvalue weighted by Crippen LogP contribution is 2.37. The minimum atomic E-state index is -4.09. The van der Waals surface area contributed by atoms with Crippen LogP contribution >= 0.6 is 0 Å². The van der Waals surface area contributed by atoms with E-state index < -0.39 is 35.1 Å². The molecule has 0 amide bonds. The van der Waals surface area contributed by atoms with Gasteiger partial charge in [0.2, 0.25) is 10.0 Å². The predicted octanol–water partition coefficient (Wildman–Crippen LogP) is 3.13. The van der Waals surface area contributed by atoms with E-state index in [0.29, 0.717) is 16.3 Å². The highest BCUT2D eigenvalue weighted by Gasteiger charge is 2.43. The van der Waals surface area contributed by atoms with Crippen LogP contribution in [-0.2, 0) is 10.0 Å². The van der Waals surface area contributed by atoms with Crippen molar-refractivity contribution < 1.29 is 21.6 Å². The summed E-state index contributed by atoms with van der Waals surface area (Å²) in [4.78, 5) is 4.29. The molecule has 1 aliphatic heterocycles. The van der Waals surface area contributed by atoms with Crippen LogP contribution in [0.4, 0.5) is 13.2 Å². The summed E-state index contributed by atoms with van der Waals surface area (Å²) in [6, 6.07) is 0. The minimum absolute atomic E-state index is 0.00944. The lowest BCUT2D eigenvalue weighted by Gasteiger charge is -2.18. The number of alkyl halides is 3. The number of nitrogens with one attached hydrogen (secondary N) is 1. The van der Waals surface area contributed by atoms with E-state index >= 15 is 0 Å². The Kier molecular flexibility index (Phi) is 5.88. The summed E-state index contributed by atoms with van der Waals surface area (Å²) in [6.45, 7) is -2.42. The number of aromatic nitrogens is 5. The standard InChI is InChI=1S/C18H25F3N6O2S/c1-11-15(8-22-27(11)18(20)21)30(28,29)26-9-13(7-19)14(10-26)17-23-16(24-25-17)12-5-3-2-4-6-12/h8,12-14,18H,2-7,9-10H2,1H3,(H,23,24,25)/t13-,14-/m1/s1. The Labute approximate surface area is 172 Å². The van der Waals surface area contributed by atoms with Gasteiger partial charge in [0, 0.05) is 30.8 Å². The molecular formula is C18H25F3N6O2S. The Bertz CT molecular complexity index is 986. The first-order valence-electron chi connectivity index (χ1n) is 10.1. The number of rotatable bonds is 6. The molecule has 0 bridgehead atoms. The summed E-state index contributed by atoms with van der Waals surface area (Å²) in [5.74, 6) is 0.405. The van der Waals surface area contributed by atoms with Crippen molar-refractivity contribution in [3.05, 3.63) is 23.5 Å². The average Bonchev–Trinajstić information content (AvgIpc) is 3.46. The summed E-state index contributed by atoms with van der Waals surface area (Å²) < 4.78 is 67.3. The van der Waals surface area contributed by atoms with Crippen LogP contribution in [0.1, 0.15) is 67.8 Å². The van der Waals surface area contributed by atoms with Crippen LogP contribution in [-0.4, -0.2) is 57.4 Å². The quantitative estimate of drug-likeness (QED) is 0.735. The lowest BCUT2D eigenvalue weighted by molar-refractivity contribution is 0.0541. The molecule has 2 aliphatic rings. The number of aromatic amines is 1. The molecule has 0 unspecified atom stereocenters. The third kappa shape index (κ3) is 3.75. The normalized spacial score (nSPS) is 24.2. The van der Waals surface area contributed by atoms with Crippen LogP contribution in [0.2, 0.25) is 0 Å². The fourth-order valence-electron chi connectivity index (χ4n) is 4.49. The number of sulfonamides is 1. The maximum Gasteiger partial charge on any atom is 0.333 e. The van der Waals surface area contributed by atoms with Gasteiger partial charge < -0.3 is 0 Å². The molecule has 2 atom stereocenters. The van der Waals surface area contributed by atoms with Crippen molar-refractivity contribution in [3.63, 3.8) is 0 Å². The van der Waals surface area contributed by atoms with Crippen molar-refractivity contribution in [1.82, 2.24) is 29.3 Å². The van der Waals surface area contributed by atoms with Gasteiger partial charge in [-0.3, -0.25) is 9.49 Å². The molecule has 12 heteroatoms. The highest BCUT2D eigenvalue weighted by atomic mass is 32.2. The molecule has 2 aromatic rings. The lowest BCUT2D eigenvalue weighted by atomic mass is 9.89. The summed E-state index contributed by atoms with van der Waals surface area (Å²) >= 11 is 0. The molecule has 4 rings (SSSR count). The third-order valence-corrected chi connectivity index (χ3v) is 8.18. The molecule has 8 nitrogen and oxygen atoms in total. The van der Waals surface area contributed by atoms with Crippen LogP contribution in [0.25, 0.3) is 0 Å². The molecule has 0 spiro atoms. The number of hydrogen-bond acceptors (Lipinski definition) is 5. The van der Waals surface area contributed by atoms with Crippen molar-refractivity contribution in [2.45, 2.75) is 62.3 Å². The van der Waals surface area contributed by atoms with E-state index in [0.717, 1.165) is 36.2 Å². The van der Waals surface area contributed by atoms with Gasteiger partial charge in [-0.05, 0) is 19.8 Å². The zero-order valence-electron chi connectivity index (χ0n) is 16.6. The lowest BCUT2D eigenvalue weighted by Crippen LogP contribution is -2.29. The van der Waals surface area contributed by atoms with Crippen molar-refractivity contribution in [1.29, 1.82) is 0 Å². The second-order valence-corrected chi connectivity index (χ2v) is 9.98. The van der Waals surface area contributed by atoms with Crippen molar-refractivity contribution in [3.8, 4) is 0 Å². The maximum atomic E-state index is 13.7. The molecule has 30 heavy (non-hydrogen) atoms. The fourth-order valence-corrected chi connectivity index (χ4v) is 6.16. The second kappa shape index (κ2) is 8.29. The van der Waals surface area contributed by atoms with Crippen LogP contribution in [0.5, 0.6) is 0 Å². The molecule has 0 aromatic carbocycles. The van der Waals surface area contributed by atoms with E-state index in [1.807, 2.05) is 0 Å². The Morgan fingerprint density at radius 1 is 1.23 bits per heavy atom. The summed E-state index contributed by atoms with van der Waals surface area (Å²) in [7, 11) is -4.09. The Morgan fingerprint density at radius 2 is 1.97 bits per heavy atom. The Morgan fingerprint density at radius 3 is 2.60 bits per heavy atom. The van der Waals surface area contributed by atoms with E-state index in [1.165, 1.54) is 13.3 Å². The van der Waals surface area contributed by atoms with Crippen LogP contribution in [0.3, 0.4) is 0 Å². The van der Waals surface area contributed by atoms with Crippen molar-refractivity contribution in [2.24, 2.45) is 5.92 Å². The summed E-state index contributed by atoms with van der Waals surface area (Å²) in [5.41, 5.74) is -0.149. The topological polar surface area (TPSA) is 96.8 Å². The predicted molar refractivity (Wildman–Crippen MR) is 101 cm³/mol. The van der Waals surface area contributed by atoms with Gasteiger partial charge in [-0.1, -0.05) is 19.3 Å². The van der Waals surface area contributed by atoms with Crippen LogP contribution in [0, 0.1) is 12.8 Å². The largest absolute Gasteiger partial charge is 0.333 e. The van der Waals surface area contributed by atoms with Crippen LogP contribution in [0.15, 0.2) is 11.1 Å². The average molecular weight is 446 g/mol. The summed E-state index contributed by atoms with van der Waals surface area (Å²) in [5, 5.41) is 10.7. The van der Waals surface area contributed by atoms with Crippen LogP contribution < -0.4 is 0 Å². The highest BCUT2D eigenvalue weighted by molar-refractivity contribution is 7.89. The SMILES string of the molecule is Cc1c(S(=O)(=O)N2C[C@@H](CF)[C@H](c3nc(C4CCCCC4)n[nH]3)C2)cnn1C(F)F. The van der Waals surface area contributed by atoms with E-state index in [2.05, 4.69) is 20.3 Å². The maximum absolute atomic E-state index is 13.7. The van der Waals surface area contributed by atoms with E-state index in [1.54, 1.807) is 0 Å². The molecule has 1 saturated carbocycles. The molecule has 2 fully saturated rings. The van der Waals surface area contributed by atoms with Gasteiger partial charge in [0.05, 0.1) is 18.6 Å². The first-order valence-corrected chi connectivity index (χ1v) is 11.6. The first-order chi connectivity index (χ1) is 14.3. The molecular weight excluding hydrogens is 421 g/mol. The van der Waals surface area contributed by atoms with Gasteiger partial charge in [-0.2, -0.15) is 23.3 Å². The second-order valence-electron chi connectivity index (χ2n) is 8.07. The molecule has 1 saturated heterocycles. The minimum Gasteiger partial charge on any atom is -0.263 e. The van der Waals surface area contributed by atoms with Gasteiger partial charge in [0.25, 0.3) is 0 Å². The molecule has 3 heterocycles. The number of halogens is 3. The zero-order chi connectivity index (χ0) is 21.5. The zero-order valence-corrected chi connectivity index (χ0v) is 17.5. The van der Waals surface area contributed by atoms with E-state index in [-0.39, 0.29) is 29.6 Å². The molecule has 2 aromatic heterocycles. The monoisotopic (exact) mass is 446 g/mol. The smallest absolute Gasteiger partial charge is 0.263 e. The number of H-pyrrole nitrogens is 1. The van der Waals surface area contributed by atoms with E-state index in [9.17, 15) is 21.6 Å². The Balaban J connectivity index is 1.56.